The van der Waals surface area contributed by atoms with E-state index < -0.39 is 5.60 Å². The van der Waals surface area contributed by atoms with Gasteiger partial charge in [0.25, 0.3) is 5.91 Å². The first kappa shape index (κ1) is 31.1. The molecule has 1 N–H and O–H groups in total. The van der Waals surface area contributed by atoms with E-state index in [1.807, 2.05) is 32.9 Å². The van der Waals surface area contributed by atoms with E-state index in [2.05, 4.69) is 10.2 Å². The molecule has 0 saturated carbocycles. The normalized spacial score (nSPS) is 14.0. The highest BCUT2D eigenvalue weighted by molar-refractivity contribution is 7.07. The first-order valence-corrected chi connectivity index (χ1v) is 15.0. The predicted octanol–water partition coefficient (Wildman–Crippen LogP) is 4.65. The Morgan fingerprint density at radius 3 is 2.43 bits per heavy atom. The van der Waals surface area contributed by atoms with E-state index in [1.165, 1.54) is 0 Å². The van der Waals surface area contributed by atoms with Gasteiger partial charge in [0, 0.05) is 55.3 Å². The molecule has 1 aliphatic heterocycles. The van der Waals surface area contributed by atoms with E-state index >= 15 is 0 Å². The zero-order valence-electron chi connectivity index (χ0n) is 25.0. The molecule has 4 rings (SSSR count). The third-order valence-electron chi connectivity index (χ3n) is 6.95. The summed E-state index contributed by atoms with van der Waals surface area (Å²) >= 11 is 1.08. The van der Waals surface area contributed by atoms with Gasteiger partial charge >= 0.3 is 11.0 Å². The van der Waals surface area contributed by atoms with Gasteiger partial charge in [0.2, 0.25) is 0 Å². The summed E-state index contributed by atoms with van der Waals surface area (Å²) in [6.07, 6.45) is 1.53. The van der Waals surface area contributed by atoms with Crippen molar-refractivity contribution in [3.63, 3.8) is 0 Å². The van der Waals surface area contributed by atoms with Crippen LogP contribution < -0.4 is 19.7 Å². The SMILES string of the molecule is COc1ccc(OC)c(-n2c(-c3cccc(C(=O)NCCCCN4CCN(C(=O)OC(C)(C)C)CC4)c3)csc2=O)c1. The molecule has 2 aromatic carbocycles. The van der Waals surface area contributed by atoms with Crippen molar-refractivity contribution >= 4 is 23.3 Å². The maximum absolute atomic E-state index is 13.0. The topological polar surface area (TPSA) is 102 Å². The average molecular weight is 597 g/mol. The van der Waals surface area contributed by atoms with Crippen molar-refractivity contribution in [1.82, 2.24) is 19.7 Å². The molecule has 2 heterocycles. The van der Waals surface area contributed by atoms with E-state index in [9.17, 15) is 14.4 Å². The van der Waals surface area contributed by atoms with Crippen molar-refractivity contribution in [3.8, 4) is 28.4 Å². The largest absolute Gasteiger partial charge is 0.497 e. The number of piperazine rings is 1. The lowest BCUT2D eigenvalue weighted by Gasteiger charge is -2.35. The summed E-state index contributed by atoms with van der Waals surface area (Å²) in [6.45, 7) is 10.0. The van der Waals surface area contributed by atoms with Crippen LogP contribution in [0.3, 0.4) is 0 Å². The van der Waals surface area contributed by atoms with Gasteiger partial charge in [0.05, 0.1) is 25.6 Å². The molecular formula is C31H40N4O6S. The molecule has 0 atom stereocenters. The van der Waals surface area contributed by atoms with Gasteiger partial charge in [-0.05, 0) is 64.4 Å². The Morgan fingerprint density at radius 1 is 0.976 bits per heavy atom. The molecule has 42 heavy (non-hydrogen) atoms. The minimum atomic E-state index is -0.489. The second-order valence-corrected chi connectivity index (χ2v) is 11.9. The maximum Gasteiger partial charge on any atom is 0.410 e. The molecule has 2 amide bonds. The fourth-order valence-electron chi connectivity index (χ4n) is 4.77. The number of nitrogens with zero attached hydrogens (tertiary/aromatic N) is 3. The number of hydrogen-bond donors (Lipinski definition) is 1. The number of nitrogens with one attached hydrogen (secondary N) is 1. The van der Waals surface area contributed by atoms with Crippen molar-refractivity contribution < 1.29 is 23.8 Å². The number of ether oxygens (including phenoxy) is 3. The number of hydrogen-bond acceptors (Lipinski definition) is 8. The van der Waals surface area contributed by atoms with Gasteiger partial charge < -0.3 is 24.4 Å². The van der Waals surface area contributed by atoms with Crippen LogP contribution in [0, 0.1) is 0 Å². The number of rotatable bonds is 10. The first-order chi connectivity index (χ1) is 20.1. The molecule has 10 nitrogen and oxygen atoms in total. The van der Waals surface area contributed by atoms with E-state index in [1.54, 1.807) is 59.4 Å². The van der Waals surface area contributed by atoms with Crippen LogP contribution in [0.4, 0.5) is 4.79 Å². The molecule has 0 unspecified atom stereocenters. The summed E-state index contributed by atoms with van der Waals surface area (Å²) in [5.41, 5.74) is 2.01. The number of thiazole rings is 1. The summed E-state index contributed by atoms with van der Waals surface area (Å²) in [7, 11) is 3.13. The van der Waals surface area contributed by atoms with Crippen LogP contribution >= 0.6 is 11.3 Å². The lowest BCUT2D eigenvalue weighted by molar-refractivity contribution is 0.0144. The van der Waals surface area contributed by atoms with Gasteiger partial charge in [0.15, 0.2) is 0 Å². The molecule has 1 fully saturated rings. The average Bonchev–Trinajstić information content (AvgIpc) is 3.37. The molecule has 11 heteroatoms. The lowest BCUT2D eigenvalue weighted by atomic mass is 10.1. The van der Waals surface area contributed by atoms with Crippen molar-refractivity contribution in [1.29, 1.82) is 0 Å². The van der Waals surface area contributed by atoms with Crippen molar-refractivity contribution in [2.24, 2.45) is 0 Å². The standard InChI is InChI=1S/C31H40N4O6S/c1-31(2,3)41-29(37)34-17-15-33(16-18-34)14-7-6-13-32-28(36)23-10-8-9-22(19-23)26-21-42-30(38)35(26)25-20-24(39-4)11-12-27(25)40-5/h8-12,19-21H,6-7,13-18H2,1-5H3,(H,32,36). The molecule has 0 radical (unpaired) electrons. The Bertz CT molecular complexity index is 1440. The van der Waals surface area contributed by atoms with Gasteiger partial charge in [-0.3, -0.25) is 19.1 Å². The molecule has 1 saturated heterocycles. The van der Waals surface area contributed by atoms with Crippen LogP contribution in [-0.2, 0) is 4.74 Å². The molecule has 0 aliphatic carbocycles. The summed E-state index contributed by atoms with van der Waals surface area (Å²) in [5.74, 6) is 0.980. The second kappa shape index (κ2) is 13.9. The monoisotopic (exact) mass is 596 g/mol. The highest BCUT2D eigenvalue weighted by atomic mass is 32.1. The van der Waals surface area contributed by atoms with E-state index in [0.29, 0.717) is 48.1 Å². The third kappa shape index (κ3) is 7.92. The van der Waals surface area contributed by atoms with Crippen LogP contribution in [0.25, 0.3) is 16.9 Å². The minimum Gasteiger partial charge on any atom is -0.497 e. The van der Waals surface area contributed by atoms with E-state index in [4.69, 9.17) is 14.2 Å². The second-order valence-electron chi connectivity index (χ2n) is 11.1. The first-order valence-electron chi connectivity index (χ1n) is 14.1. The fourth-order valence-corrected chi connectivity index (χ4v) is 5.53. The molecule has 1 aromatic heterocycles. The van der Waals surface area contributed by atoms with Crippen LogP contribution in [0.15, 0.2) is 52.6 Å². The number of carbonyl (C=O) groups excluding carboxylic acids is 2. The summed E-state index contributed by atoms with van der Waals surface area (Å²) < 4.78 is 17.9. The third-order valence-corrected chi connectivity index (χ3v) is 7.68. The van der Waals surface area contributed by atoms with Gasteiger partial charge in [-0.25, -0.2) is 4.79 Å². The summed E-state index contributed by atoms with van der Waals surface area (Å²) in [6, 6.07) is 12.6. The number of aromatic nitrogens is 1. The number of methoxy groups -OCH3 is 2. The number of benzene rings is 2. The highest BCUT2D eigenvalue weighted by Gasteiger charge is 2.25. The van der Waals surface area contributed by atoms with E-state index in [-0.39, 0.29) is 16.9 Å². The molecular weight excluding hydrogens is 556 g/mol. The van der Waals surface area contributed by atoms with E-state index in [0.717, 1.165) is 49.4 Å². The van der Waals surface area contributed by atoms with Crippen LogP contribution in [-0.4, -0.2) is 85.5 Å². The summed E-state index contributed by atoms with van der Waals surface area (Å²) in [4.78, 5) is 42.0. The number of unbranched alkanes of at least 4 members (excludes halogenated alkanes) is 1. The molecule has 1 aliphatic rings. The smallest absolute Gasteiger partial charge is 0.410 e. The zero-order valence-corrected chi connectivity index (χ0v) is 25.8. The predicted molar refractivity (Wildman–Crippen MR) is 164 cm³/mol. The minimum absolute atomic E-state index is 0.161. The van der Waals surface area contributed by atoms with Crippen molar-refractivity contribution in [2.45, 2.75) is 39.2 Å². The highest BCUT2D eigenvalue weighted by Crippen LogP contribution is 2.32. The maximum atomic E-state index is 13.0. The van der Waals surface area contributed by atoms with Crippen LogP contribution in [0.5, 0.6) is 11.5 Å². The Kier molecular flexibility index (Phi) is 10.3. The molecule has 0 spiro atoms. The van der Waals surface area contributed by atoms with Gasteiger partial charge in [-0.2, -0.15) is 0 Å². The number of amides is 2. The summed E-state index contributed by atoms with van der Waals surface area (Å²) in [5, 5.41) is 4.80. The number of carbonyl (C=O) groups is 2. The van der Waals surface area contributed by atoms with Gasteiger partial charge in [-0.1, -0.05) is 23.5 Å². The Labute approximate surface area is 250 Å². The fraction of sp³-hybridized carbons (Fsp3) is 0.452. The van der Waals surface area contributed by atoms with Gasteiger partial charge in [-0.15, -0.1) is 0 Å². The molecule has 226 valence electrons. The Hall–Kier alpha value is -3.83. The molecule has 3 aromatic rings. The zero-order chi connectivity index (χ0) is 30.3. The molecule has 0 bridgehead atoms. The quantitative estimate of drug-likeness (QED) is 0.340. The van der Waals surface area contributed by atoms with Crippen molar-refractivity contribution in [3.05, 3.63) is 63.1 Å². The van der Waals surface area contributed by atoms with Crippen molar-refractivity contribution in [2.75, 3.05) is 53.5 Å². The van der Waals surface area contributed by atoms with Crippen LogP contribution in [0.2, 0.25) is 0 Å². The lowest BCUT2D eigenvalue weighted by Crippen LogP contribution is -2.50. The Morgan fingerprint density at radius 2 is 1.74 bits per heavy atom. The Balaban J connectivity index is 1.30. The van der Waals surface area contributed by atoms with Gasteiger partial charge in [0.1, 0.15) is 17.1 Å². The van der Waals surface area contributed by atoms with Crippen LogP contribution in [0.1, 0.15) is 44.0 Å².